The van der Waals surface area contributed by atoms with Gasteiger partial charge in [-0.1, -0.05) is 6.92 Å². The fourth-order valence-electron chi connectivity index (χ4n) is 1.94. The highest BCUT2D eigenvalue weighted by Gasteiger charge is 2.17. The molecule has 1 aliphatic rings. The highest BCUT2D eigenvalue weighted by molar-refractivity contribution is 6.18. The normalized spacial score (nSPS) is 18.9. The van der Waals surface area contributed by atoms with Crippen LogP contribution in [0.15, 0.2) is 0 Å². The van der Waals surface area contributed by atoms with Crippen LogP contribution in [0.25, 0.3) is 0 Å². The van der Waals surface area contributed by atoms with Crippen LogP contribution in [0.3, 0.4) is 0 Å². The molecule has 88 valence electrons. The Kier molecular flexibility index (Phi) is 6.03. The summed E-state index contributed by atoms with van der Waals surface area (Å²) in [6.45, 7) is 6.82. The van der Waals surface area contributed by atoms with Crippen molar-refractivity contribution in [3.8, 4) is 0 Å². The lowest BCUT2D eigenvalue weighted by molar-refractivity contribution is -0.131. The highest BCUT2D eigenvalue weighted by atomic mass is 35.5. The van der Waals surface area contributed by atoms with Gasteiger partial charge < -0.3 is 9.80 Å². The van der Waals surface area contributed by atoms with E-state index in [0.717, 1.165) is 45.6 Å². The van der Waals surface area contributed by atoms with Crippen molar-refractivity contribution in [3.05, 3.63) is 0 Å². The predicted molar refractivity (Wildman–Crippen MR) is 63.3 cm³/mol. The summed E-state index contributed by atoms with van der Waals surface area (Å²) in [5, 5.41) is 0. The van der Waals surface area contributed by atoms with Crippen LogP contribution in [0.2, 0.25) is 0 Å². The molecule has 0 aromatic rings. The zero-order chi connectivity index (χ0) is 11.1. The number of nitrogens with zero attached hydrogens (tertiary/aromatic N) is 2. The van der Waals surface area contributed by atoms with Gasteiger partial charge in [-0.15, -0.1) is 11.6 Å². The molecule has 0 aromatic heterocycles. The zero-order valence-electron chi connectivity index (χ0n) is 9.54. The molecule has 1 amide bonds. The molecule has 1 rings (SSSR count). The van der Waals surface area contributed by atoms with Crippen molar-refractivity contribution in [1.82, 2.24) is 9.80 Å². The molecule has 0 radical (unpaired) electrons. The molecule has 1 saturated heterocycles. The van der Waals surface area contributed by atoms with Crippen LogP contribution >= 0.6 is 11.6 Å². The molecule has 0 aliphatic carbocycles. The molecule has 1 fully saturated rings. The summed E-state index contributed by atoms with van der Waals surface area (Å²) in [4.78, 5) is 16.0. The van der Waals surface area contributed by atoms with Gasteiger partial charge in [-0.2, -0.15) is 0 Å². The van der Waals surface area contributed by atoms with E-state index in [2.05, 4.69) is 11.8 Å². The van der Waals surface area contributed by atoms with Crippen LogP contribution in [-0.2, 0) is 4.79 Å². The summed E-state index contributed by atoms with van der Waals surface area (Å²) in [7, 11) is 0. The minimum absolute atomic E-state index is 0.310. The standard InChI is InChI=1S/C11H21ClN2O/c1-2-4-11(15)14-7-3-6-13(8-5-12)9-10-14/h2-10H2,1H3. The summed E-state index contributed by atoms with van der Waals surface area (Å²) >= 11 is 5.71. The van der Waals surface area contributed by atoms with Crippen molar-refractivity contribution in [2.24, 2.45) is 0 Å². The van der Waals surface area contributed by atoms with E-state index in [9.17, 15) is 4.79 Å². The number of hydrogen-bond donors (Lipinski definition) is 0. The van der Waals surface area contributed by atoms with Gasteiger partial charge >= 0.3 is 0 Å². The second-order valence-corrected chi connectivity index (χ2v) is 4.39. The van der Waals surface area contributed by atoms with Crippen molar-refractivity contribution in [1.29, 1.82) is 0 Å². The Hall–Kier alpha value is -0.280. The Morgan fingerprint density at radius 2 is 2.07 bits per heavy atom. The fraction of sp³-hybridized carbons (Fsp3) is 0.909. The third kappa shape index (κ3) is 4.39. The Morgan fingerprint density at radius 3 is 2.73 bits per heavy atom. The van der Waals surface area contributed by atoms with Gasteiger partial charge in [0.15, 0.2) is 0 Å². The molecule has 0 saturated carbocycles. The van der Waals surface area contributed by atoms with E-state index < -0.39 is 0 Å². The maximum Gasteiger partial charge on any atom is 0.222 e. The Bertz CT molecular complexity index is 199. The maximum atomic E-state index is 11.7. The van der Waals surface area contributed by atoms with E-state index in [1.54, 1.807) is 0 Å². The topological polar surface area (TPSA) is 23.6 Å². The summed E-state index contributed by atoms with van der Waals surface area (Å²) in [5.74, 6) is 0.994. The van der Waals surface area contributed by atoms with E-state index in [4.69, 9.17) is 11.6 Å². The third-order valence-electron chi connectivity index (χ3n) is 2.81. The van der Waals surface area contributed by atoms with Crippen molar-refractivity contribution < 1.29 is 4.79 Å². The first-order valence-corrected chi connectivity index (χ1v) is 6.37. The number of alkyl halides is 1. The van der Waals surface area contributed by atoms with Crippen molar-refractivity contribution >= 4 is 17.5 Å². The Morgan fingerprint density at radius 1 is 1.27 bits per heavy atom. The molecular weight excluding hydrogens is 212 g/mol. The Balaban J connectivity index is 2.35. The number of carbonyl (C=O) groups is 1. The predicted octanol–water partition coefficient (Wildman–Crippen LogP) is 1.56. The quantitative estimate of drug-likeness (QED) is 0.687. The average Bonchev–Trinajstić information content (AvgIpc) is 2.44. The number of hydrogen-bond acceptors (Lipinski definition) is 2. The molecule has 0 N–H and O–H groups in total. The average molecular weight is 233 g/mol. The summed E-state index contributed by atoms with van der Waals surface area (Å²) in [6, 6.07) is 0. The van der Waals surface area contributed by atoms with Crippen LogP contribution in [0, 0.1) is 0 Å². The summed E-state index contributed by atoms with van der Waals surface area (Å²) in [6.07, 6.45) is 2.71. The molecule has 1 aliphatic heterocycles. The van der Waals surface area contributed by atoms with Gasteiger partial charge in [-0.3, -0.25) is 4.79 Å². The second-order valence-electron chi connectivity index (χ2n) is 4.01. The first kappa shape index (κ1) is 12.8. The minimum Gasteiger partial charge on any atom is -0.341 e. The molecule has 3 nitrogen and oxygen atoms in total. The van der Waals surface area contributed by atoms with E-state index >= 15 is 0 Å². The molecule has 4 heteroatoms. The molecule has 0 spiro atoms. The lowest BCUT2D eigenvalue weighted by Gasteiger charge is -2.21. The number of rotatable bonds is 4. The van der Waals surface area contributed by atoms with E-state index in [1.807, 2.05) is 4.90 Å². The number of halogens is 1. The van der Waals surface area contributed by atoms with Gasteiger partial charge in [-0.25, -0.2) is 0 Å². The highest BCUT2D eigenvalue weighted by Crippen LogP contribution is 2.05. The van der Waals surface area contributed by atoms with E-state index in [-0.39, 0.29) is 0 Å². The maximum absolute atomic E-state index is 11.7. The molecule has 0 atom stereocenters. The molecule has 1 heterocycles. The van der Waals surface area contributed by atoms with Crippen LogP contribution in [0.5, 0.6) is 0 Å². The van der Waals surface area contributed by atoms with Crippen LogP contribution < -0.4 is 0 Å². The molecule has 0 unspecified atom stereocenters. The first-order chi connectivity index (χ1) is 7.27. The van der Waals surface area contributed by atoms with Gasteiger partial charge in [0.1, 0.15) is 0 Å². The van der Waals surface area contributed by atoms with Gasteiger partial charge in [0, 0.05) is 38.5 Å². The first-order valence-electron chi connectivity index (χ1n) is 5.84. The largest absolute Gasteiger partial charge is 0.341 e. The van der Waals surface area contributed by atoms with Crippen LogP contribution in [-0.4, -0.2) is 54.3 Å². The smallest absolute Gasteiger partial charge is 0.222 e. The molecular formula is C11H21ClN2O. The summed E-state index contributed by atoms with van der Waals surface area (Å²) in [5.41, 5.74) is 0. The SMILES string of the molecule is CCCC(=O)N1CCCN(CCCl)CC1. The number of amides is 1. The van der Waals surface area contributed by atoms with E-state index in [1.165, 1.54) is 0 Å². The third-order valence-corrected chi connectivity index (χ3v) is 2.97. The van der Waals surface area contributed by atoms with Crippen molar-refractivity contribution in [2.75, 3.05) is 38.6 Å². The van der Waals surface area contributed by atoms with Gasteiger partial charge in [0.05, 0.1) is 0 Å². The van der Waals surface area contributed by atoms with Crippen LogP contribution in [0.4, 0.5) is 0 Å². The summed E-state index contributed by atoms with van der Waals surface area (Å²) < 4.78 is 0. The second kappa shape index (κ2) is 7.07. The lowest BCUT2D eigenvalue weighted by atomic mass is 10.3. The van der Waals surface area contributed by atoms with Crippen LogP contribution in [0.1, 0.15) is 26.2 Å². The van der Waals surface area contributed by atoms with Gasteiger partial charge in [0.2, 0.25) is 5.91 Å². The molecule has 0 bridgehead atoms. The minimum atomic E-state index is 0.310. The molecule has 15 heavy (non-hydrogen) atoms. The lowest BCUT2D eigenvalue weighted by Crippen LogP contribution is -2.35. The van der Waals surface area contributed by atoms with Gasteiger partial charge in [0.25, 0.3) is 0 Å². The zero-order valence-corrected chi connectivity index (χ0v) is 10.3. The van der Waals surface area contributed by atoms with Gasteiger partial charge in [-0.05, 0) is 19.4 Å². The molecule has 0 aromatic carbocycles. The number of carbonyl (C=O) groups excluding carboxylic acids is 1. The Labute approximate surface area is 97.4 Å². The van der Waals surface area contributed by atoms with Crippen molar-refractivity contribution in [3.63, 3.8) is 0 Å². The fourth-order valence-corrected chi connectivity index (χ4v) is 2.17. The van der Waals surface area contributed by atoms with Crippen molar-refractivity contribution in [2.45, 2.75) is 26.2 Å². The van der Waals surface area contributed by atoms with E-state index in [0.29, 0.717) is 18.2 Å². The monoisotopic (exact) mass is 232 g/mol.